The highest BCUT2D eigenvalue weighted by Gasteiger charge is 2.15. The molecule has 7 heteroatoms. The van der Waals surface area contributed by atoms with E-state index in [4.69, 9.17) is 0 Å². The molecule has 0 saturated heterocycles. The fraction of sp³-hybridized carbons (Fsp3) is 0.348. The number of aromatic nitrogens is 3. The second-order valence-electron chi connectivity index (χ2n) is 7.31. The lowest BCUT2D eigenvalue weighted by Crippen LogP contribution is -2.36. The molecule has 0 saturated carbocycles. The summed E-state index contributed by atoms with van der Waals surface area (Å²) in [4.78, 5) is 12.0. The fourth-order valence-corrected chi connectivity index (χ4v) is 3.93. The number of urea groups is 1. The summed E-state index contributed by atoms with van der Waals surface area (Å²) in [6.07, 6.45) is 2.01. The Morgan fingerprint density at radius 3 is 2.57 bits per heavy atom. The van der Waals surface area contributed by atoms with Crippen molar-refractivity contribution < 1.29 is 4.79 Å². The van der Waals surface area contributed by atoms with Gasteiger partial charge in [0.1, 0.15) is 0 Å². The molecule has 158 valence electrons. The lowest BCUT2D eigenvalue weighted by atomic mass is 10.2. The van der Waals surface area contributed by atoms with Gasteiger partial charge in [0.15, 0.2) is 11.0 Å². The number of benzene rings is 2. The Morgan fingerprint density at radius 1 is 1.03 bits per heavy atom. The lowest BCUT2D eigenvalue weighted by molar-refractivity contribution is 0.240. The highest BCUT2D eigenvalue weighted by atomic mass is 32.2. The number of hydrogen-bond acceptors (Lipinski definition) is 4. The summed E-state index contributed by atoms with van der Waals surface area (Å²) in [6, 6.07) is 16.5. The van der Waals surface area contributed by atoms with Crippen LogP contribution >= 0.6 is 11.8 Å². The summed E-state index contributed by atoms with van der Waals surface area (Å²) < 4.78 is 2.02. The summed E-state index contributed by atoms with van der Waals surface area (Å²) in [5, 5.41) is 15.3. The second-order valence-corrected chi connectivity index (χ2v) is 8.25. The van der Waals surface area contributed by atoms with Crippen LogP contribution in [0.2, 0.25) is 0 Å². The quantitative estimate of drug-likeness (QED) is 0.384. The van der Waals surface area contributed by atoms with Crippen LogP contribution in [0.4, 0.5) is 4.79 Å². The van der Waals surface area contributed by atoms with E-state index in [0.717, 1.165) is 29.4 Å². The molecule has 0 atom stereocenters. The van der Waals surface area contributed by atoms with Gasteiger partial charge < -0.3 is 10.6 Å². The van der Waals surface area contributed by atoms with Crippen LogP contribution in [0.1, 0.15) is 42.3 Å². The minimum Gasteiger partial charge on any atom is -0.338 e. The molecule has 0 bridgehead atoms. The molecule has 0 spiro atoms. The molecule has 2 N–H and O–H groups in total. The Balaban J connectivity index is 1.77. The van der Waals surface area contributed by atoms with Gasteiger partial charge >= 0.3 is 6.03 Å². The Bertz CT molecular complexity index is 968. The van der Waals surface area contributed by atoms with Crippen molar-refractivity contribution in [3.8, 4) is 5.69 Å². The predicted molar refractivity (Wildman–Crippen MR) is 122 cm³/mol. The topological polar surface area (TPSA) is 71.8 Å². The molecule has 1 aromatic heterocycles. The van der Waals surface area contributed by atoms with E-state index in [1.54, 1.807) is 11.8 Å². The zero-order chi connectivity index (χ0) is 21.3. The molecule has 1 heterocycles. The largest absolute Gasteiger partial charge is 0.338 e. The Hall–Kier alpha value is -2.80. The Kier molecular flexibility index (Phi) is 7.90. The maximum absolute atomic E-state index is 12.0. The summed E-state index contributed by atoms with van der Waals surface area (Å²) in [5.41, 5.74) is 4.66. The van der Waals surface area contributed by atoms with Crippen molar-refractivity contribution in [2.45, 2.75) is 51.1 Å². The molecule has 3 aromatic rings. The molecule has 30 heavy (non-hydrogen) atoms. The van der Waals surface area contributed by atoms with Gasteiger partial charge in [-0.05, 0) is 38.0 Å². The Morgan fingerprint density at radius 2 is 1.83 bits per heavy atom. The van der Waals surface area contributed by atoms with Gasteiger partial charge in [-0.3, -0.25) is 4.57 Å². The second kappa shape index (κ2) is 10.8. The Labute approximate surface area is 182 Å². The van der Waals surface area contributed by atoms with Crippen molar-refractivity contribution in [3.05, 3.63) is 71.0 Å². The maximum atomic E-state index is 12.0. The first-order valence-corrected chi connectivity index (χ1v) is 11.3. The van der Waals surface area contributed by atoms with E-state index in [2.05, 4.69) is 90.1 Å². The number of nitrogens with zero attached hydrogens (tertiary/aromatic N) is 3. The van der Waals surface area contributed by atoms with Crippen LogP contribution in [-0.2, 0) is 12.3 Å². The van der Waals surface area contributed by atoms with Gasteiger partial charge in [0.25, 0.3) is 0 Å². The molecule has 0 fully saturated rings. The van der Waals surface area contributed by atoms with Crippen LogP contribution in [0, 0.1) is 13.8 Å². The number of carbonyl (C=O) groups is 1. The highest BCUT2D eigenvalue weighted by molar-refractivity contribution is 7.98. The van der Waals surface area contributed by atoms with Crippen molar-refractivity contribution >= 4 is 17.8 Å². The summed E-state index contributed by atoms with van der Waals surface area (Å²) in [5.74, 6) is 1.51. The van der Waals surface area contributed by atoms with Crippen molar-refractivity contribution in [3.63, 3.8) is 0 Å². The van der Waals surface area contributed by atoms with E-state index in [1.807, 2.05) is 4.57 Å². The van der Waals surface area contributed by atoms with Crippen LogP contribution in [-0.4, -0.2) is 27.3 Å². The minimum atomic E-state index is -0.184. The molecule has 0 aliphatic heterocycles. The first-order valence-electron chi connectivity index (χ1n) is 10.3. The van der Waals surface area contributed by atoms with Gasteiger partial charge in [-0.1, -0.05) is 72.6 Å². The summed E-state index contributed by atoms with van der Waals surface area (Å²) in [7, 11) is 0. The maximum Gasteiger partial charge on any atom is 0.315 e. The number of unbranched alkanes of at least 4 members (excludes halogenated alkanes) is 1. The standard InChI is InChI=1S/C23H29N5OS/c1-4-5-13-24-22(29)25-15-21-26-27-23(28(21)20-11-9-17(2)10-12-20)30-16-19-8-6-7-18(3)14-19/h6-12,14H,4-5,13,15-16H2,1-3H3,(H2,24,25,29). The number of nitrogens with one attached hydrogen (secondary N) is 2. The number of rotatable bonds is 9. The number of aryl methyl sites for hydroxylation is 2. The normalized spacial score (nSPS) is 10.8. The van der Waals surface area contributed by atoms with Crippen LogP contribution in [0.5, 0.6) is 0 Å². The molecule has 3 rings (SSSR count). The molecule has 6 nitrogen and oxygen atoms in total. The van der Waals surface area contributed by atoms with E-state index in [-0.39, 0.29) is 6.03 Å². The zero-order valence-electron chi connectivity index (χ0n) is 17.8. The van der Waals surface area contributed by atoms with Gasteiger partial charge in [-0.25, -0.2) is 4.79 Å². The first-order chi connectivity index (χ1) is 14.6. The van der Waals surface area contributed by atoms with Gasteiger partial charge in [0, 0.05) is 18.0 Å². The molecule has 2 amide bonds. The van der Waals surface area contributed by atoms with Crippen molar-refractivity contribution in [1.29, 1.82) is 0 Å². The van der Waals surface area contributed by atoms with E-state index >= 15 is 0 Å². The van der Waals surface area contributed by atoms with Crippen LogP contribution in [0.25, 0.3) is 5.69 Å². The lowest BCUT2D eigenvalue weighted by Gasteiger charge is -2.12. The smallest absolute Gasteiger partial charge is 0.315 e. The molecule has 2 aromatic carbocycles. The van der Waals surface area contributed by atoms with Crippen molar-refractivity contribution in [1.82, 2.24) is 25.4 Å². The third kappa shape index (κ3) is 6.10. The number of carbonyl (C=O) groups excluding carboxylic acids is 1. The van der Waals surface area contributed by atoms with Gasteiger partial charge in [-0.15, -0.1) is 10.2 Å². The molecule has 0 aliphatic rings. The predicted octanol–water partition coefficient (Wildman–Crippen LogP) is 4.78. The zero-order valence-corrected chi connectivity index (χ0v) is 18.6. The summed E-state index contributed by atoms with van der Waals surface area (Å²) >= 11 is 1.64. The van der Waals surface area contributed by atoms with Crippen LogP contribution in [0.3, 0.4) is 0 Å². The fourth-order valence-electron chi connectivity index (χ4n) is 3.01. The molecular weight excluding hydrogens is 394 g/mol. The third-order valence-corrected chi connectivity index (χ3v) is 5.67. The SMILES string of the molecule is CCCCNC(=O)NCc1nnc(SCc2cccc(C)c2)n1-c1ccc(C)cc1. The number of thioether (sulfide) groups is 1. The molecule has 0 aliphatic carbocycles. The monoisotopic (exact) mass is 423 g/mol. The molecular formula is C23H29N5OS. The average molecular weight is 424 g/mol. The van der Waals surface area contributed by atoms with E-state index in [9.17, 15) is 4.79 Å². The van der Waals surface area contributed by atoms with E-state index in [0.29, 0.717) is 18.9 Å². The minimum absolute atomic E-state index is 0.184. The van der Waals surface area contributed by atoms with Gasteiger partial charge in [0.2, 0.25) is 0 Å². The van der Waals surface area contributed by atoms with Gasteiger partial charge in [0.05, 0.1) is 6.54 Å². The average Bonchev–Trinajstić information content (AvgIpc) is 3.14. The van der Waals surface area contributed by atoms with Crippen LogP contribution in [0.15, 0.2) is 53.7 Å². The first kappa shape index (κ1) is 21.9. The van der Waals surface area contributed by atoms with Crippen molar-refractivity contribution in [2.75, 3.05) is 6.54 Å². The van der Waals surface area contributed by atoms with E-state index < -0.39 is 0 Å². The van der Waals surface area contributed by atoms with E-state index in [1.165, 1.54) is 16.7 Å². The highest BCUT2D eigenvalue weighted by Crippen LogP contribution is 2.26. The molecule has 0 radical (unpaired) electrons. The van der Waals surface area contributed by atoms with Crippen LogP contribution < -0.4 is 10.6 Å². The summed E-state index contributed by atoms with van der Waals surface area (Å²) in [6.45, 7) is 7.23. The number of amides is 2. The van der Waals surface area contributed by atoms with Crippen molar-refractivity contribution in [2.24, 2.45) is 0 Å². The van der Waals surface area contributed by atoms with Gasteiger partial charge in [-0.2, -0.15) is 0 Å². The number of hydrogen-bond donors (Lipinski definition) is 2. The third-order valence-electron chi connectivity index (χ3n) is 4.67. The molecule has 0 unspecified atom stereocenters.